The minimum atomic E-state index is -3.79. The third-order valence-corrected chi connectivity index (χ3v) is 7.28. The summed E-state index contributed by atoms with van der Waals surface area (Å²) in [6, 6.07) is 8.95. The number of esters is 1. The molecule has 0 aliphatic rings. The SMILES string of the molecule is CCOC(=O)c1scc(CCS(=O)(=O)Nc2ccc(C)cc2-c2cccnc2Br)c1F. The highest BCUT2D eigenvalue weighted by atomic mass is 79.9. The minimum Gasteiger partial charge on any atom is -0.462 e. The first-order chi connectivity index (χ1) is 14.7. The Balaban J connectivity index is 1.80. The summed E-state index contributed by atoms with van der Waals surface area (Å²) in [7, 11) is -3.79. The van der Waals surface area contributed by atoms with Crippen molar-refractivity contribution in [2.45, 2.75) is 20.3 Å². The molecule has 0 spiro atoms. The molecular weight excluding hydrogens is 507 g/mol. The molecule has 0 saturated heterocycles. The van der Waals surface area contributed by atoms with E-state index in [9.17, 15) is 17.6 Å². The van der Waals surface area contributed by atoms with Crippen LogP contribution in [0.25, 0.3) is 11.1 Å². The topological polar surface area (TPSA) is 85.4 Å². The van der Waals surface area contributed by atoms with Crippen molar-refractivity contribution in [2.24, 2.45) is 0 Å². The maximum Gasteiger partial charge on any atom is 0.351 e. The molecule has 31 heavy (non-hydrogen) atoms. The van der Waals surface area contributed by atoms with Gasteiger partial charge in [0, 0.05) is 22.9 Å². The van der Waals surface area contributed by atoms with Gasteiger partial charge in [0.25, 0.3) is 0 Å². The minimum absolute atomic E-state index is 0.0746. The second kappa shape index (κ2) is 9.88. The van der Waals surface area contributed by atoms with Gasteiger partial charge in [-0.15, -0.1) is 11.3 Å². The van der Waals surface area contributed by atoms with E-state index in [0.29, 0.717) is 15.9 Å². The first-order valence-electron chi connectivity index (χ1n) is 9.37. The van der Waals surface area contributed by atoms with Crippen molar-refractivity contribution in [1.82, 2.24) is 4.98 Å². The molecule has 0 unspecified atom stereocenters. The predicted molar refractivity (Wildman–Crippen MR) is 123 cm³/mol. The number of aromatic nitrogens is 1. The van der Waals surface area contributed by atoms with Crippen LogP contribution >= 0.6 is 27.3 Å². The maximum absolute atomic E-state index is 14.5. The second-order valence-electron chi connectivity index (χ2n) is 6.69. The Morgan fingerprint density at radius 1 is 1.29 bits per heavy atom. The molecule has 6 nitrogen and oxygen atoms in total. The first-order valence-corrected chi connectivity index (χ1v) is 12.7. The number of pyridine rings is 1. The van der Waals surface area contributed by atoms with Gasteiger partial charge in [0.05, 0.1) is 18.0 Å². The molecule has 2 heterocycles. The molecule has 2 aromatic heterocycles. The number of hydrogen-bond acceptors (Lipinski definition) is 6. The average molecular weight is 527 g/mol. The van der Waals surface area contributed by atoms with E-state index in [4.69, 9.17) is 4.74 Å². The number of anilines is 1. The summed E-state index contributed by atoms with van der Waals surface area (Å²) in [6.45, 7) is 3.67. The third kappa shape index (κ3) is 5.69. The van der Waals surface area contributed by atoms with E-state index in [2.05, 4.69) is 25.6 Å². The van der Waals surface area contributed by atoms with Crippen LogP contribution in [0, 0.1) is 12.7 Å². The Hall–Kier alpha value is -2.30. The summed E-state index contributed by atoms with van der Waals surface area (Å²) >= 11 is 4.30. The lowest BCUT2D eigenvalue weighted by Crippen LogP contribution is -2.19. The van der Waals surface area contributed by atoms with Gasteiger partial charge in [-0.1, -0.05) is 17.7 Å². The standard InChI is InChI=1S/C21H20BrFN2O4S2/c1-3-29-21(26)19-18(23)14(12-30-19)8-10-31(27,28)25-17-7-6-13(2)11-16(17)15-5-4-9-24-20(15)22/h4-7,9,11-12,25H,3,8,10H2,1-2H3. The Bertz CT molecular complexity index is 1210. The molecule has 0 fully saturated rings. The quantitative estimate of drug-likeness (QED) is 0.322. The van der Waals surface area contributed by atoms with E-state index in [0.717, 1.165) is 22.5 Å². The number of nitrogens with zero attached hydrogens (tertiary/aromatic N) is 1. The van der Waals surface area contributed by atoms with Crippen LogP contribution in [-0.2, 0) is 21.2 Å². The van der Waals surface area contributed by atoms with Gasteiger partial charge in [0.2, 0.25) is 10.0 Å². The van der Waals surface area contributed by atoms with Gasteiger partial charge in [-0.25, -0.2) is 22.6 Å². The Morgan fingerprint density at radius 3 is 2.77 bits per heavy atom. The number of carbonyl (C=O) groups excluding carboxylic acids is 1. The zero-order valence-electron chi connectivity index (χ0n) is 16.8. The van der Waals surface area contributed by atoms with Gasteiger partial charge >= 0.3 is 5.97 Å². The van der Waals surface area contributed by atoms with Crippen molar-refractivity contribution in [3.05, 3.63) is 68.3 Å². The van der Waals surface area contributed by atoms with Gasteiger partial charge in [-0.3, -0.25) is 4.72 Å². The van der Waals surface area contributed by atoms with Crippen molar-refractivity contribution in [1.29, 1.82) is 0 Å². The Kier molecular flexibility index (Phi) is 7.45. The zero-order valence-corrected chi connectivity index (χ0v) is 20.0. The van der Waals surface area contributed by atoms with Crippen LogP contribution in [0.5, 0.6) is 0 Å². The van der Waals surface area contributed by atoms with Gasteiger partial charge in [0.1, 0.15) is 9.48 Å². The van der Waals surface area contributed by atoms with E-state index in [1.165, 1.54) is 5.38 Å². The molecular formula is C21H20BrFN2O4S2. The molecule has 0 aliphatic heterocycles. The molecule has 0 aliphatic carbocycles. The first kappa shape index (κ1) is 23.4. The fourth-order valence-corrected chi connectivity index (χ4v) is 5.34. The van der Waals surface area contributed by atoms with Gasteiger partial charge in [-0.05, 0) is 59.8 Å². The largest absolute Gasteiger partial charge is 0.462 e. The van der Waals surface area contributed by atoms with E-state index in [-0.39, 0.29) is 29.2 Å². The van der Waals surface area contributed by atoms with Crippen LogP contribution < -0.4 is 4.72 Å². The highest BCUT2D eigenvalue weighted by molar-refractivity contribution is 9.10. The lowest BCUT2D eigenvalue weighted by atomic mass is 10.0. The summed E-state index contributed by atoms with van der Waals surface area (Å²) in [5.41, 5.74) is 2.94. The van der Waals surface area contributed by atoms with E-state index in [1.54, 1.807) is 31.3 Å². The molecule has 3 rings (SSSR count). The Morgan fingerprint density at radius 2 is 2.06 bits per heavy atom. The van der Waals surface area contributed by atoms with Crippen LogP contribution in [0.2, 0.25) is 0 Å². The smallest absolute Gasteiger partial charge is 0.351 e. The summed E-state index contributed by atoms with van der Waals surface area (Å²) in [5, 5.41) is 1.45. The van der Waals surface area contributed by atoms with Crippen LogP contribution in [0.3, 0.4) is 0 Å². The van der Waals surface area contributed by atoms with Crippen LogP contribution in [0.1, 0.15) is 27.7 Å². The third-order valence-electron chi connectivity index (χ3n) is 4.39. The number of hydrogen-bond donors (Lipinski definition) is 1. The van der Waals surface area contributed by atoms with Crippen molar-refractivity contribution in [3.63, 3.8) is 0 Å². The maximum atomic E-state index is 14.5. The monoisotopic (exact) mass is 526 g/mol. The molecule has 10 heteroatoms. The Labute approximate surface area is 192 Å². The summed E-state index contributed by atoms with van der Waals surface area (Å²) in [6.07, 6.45) is 1.56. The molecule has 1 aromatic carbocycles. The molecule has 3 aromatic rings. The molecule has 0 radical (unpaired) electrons. The zero-order chi connectivity index (χ0) is 22.6. The molecule has 1 N–H and O–H groups in total. The predicted octanol–water partition coefficient (Wildman–Crippen LogP) is 5.18. The van der Waals surface area contributed by atoms with Crippen LogP contribution in [0.15, 0.2) is 46.5 Å². The normalized spacial score (nSPS) is 11.4. The van der Waals surface area contributed by atoms with E-state index < -0.39 is 21.8 Å². The number of carbonyl (C=O) groups is 1. The molecule has 0 atom stereocenters. The fourth-order valence-electron chi connectivity index (χ4n) is 2.90. The lowest BCUT2D eigenvalue weighted by molar-refractivity contribution is 0.0527. The van der Waals surface area contributed by atoms with Crippen molar-refractivity contribution < 1.29 is 22.3 Å². The van der Waals surface area contributed by atoms with Crippen molar-refractivity contribution in [3.8, 4) is 11.1 Å². The number of aryl methyl sites for hydroxylation is 2. The van der Waals surface area contributed by atoms with Gasteiger partial charge < -0.3 is 4.74 Å². The summed E-state index contributed by atoms with van der Waals surface area (Å²) in [5.74, 6) is -1.82. The van der Waals surface area contributed by atoms with E-state index in [1.807, 2.05) is 19.1 Å². The molecule has 0 bridgehead atoms. The number of ether oxygens (including phenoxy) is 1. The van der Waals surface area contributed by atoms with E-state index >= 15 is 0 Å². The number of rotatable bonds is 8. The van der Waals surface area contributed by atoms with Gasteiger partial charge in [-0.2, -0.15) is 0 Å². The van der Waals surface area contributed by atoms with Crippen molar-refractivity contribution in [2.75, 3.05) is 17.1 Å². The number of nitrogens with one attached hydrogen (secondary N) is 1. The van der Waals surface area contributed by atoms with Crippen molar-refractivity contribution >= 4 is 48.9 Å². The highest BCUT2D eigenvalue weighted by Crippen LogP contribution is 2.34. The average Bonchev–Trinajstić information content (AvgIpc) is 3.09. The van der Waals surface area contributed by atoms with Gasteiger partial charge in [0.15, 0.2) is 5.82 Å². The second-order valence-corrected chi connectivity index (χ2v) is 10.2. The highest BCUT2D eigenvalue weighted by Gasteiger charge is 2.21. The molecule has 0 saturated carbocycles. The lowest BCUT2D eigenvalue weighted by Gasteiger charge is -2.14. The number of sulfonamides is 1. The summed E-state index contributed by atoms with van der Waals surface area (Å²) in [4.78, 5) is 15.8. The van der Waals surface area contributed by atoms with Crippen LogP contribution in [0.4, 0.5) is 10.1 Å². The number of halogens is 2. The summed E-state index contributed by atoms with van der Waals surface area (Å²) < 4.78 is 47.9. The molecule has 0 amide bonds. The van der Waals surface area contributed by atoms with Crippen LogP contribution in [-0.4, -0.2) is 31.7 Å². The number of thiophene rings is 1. The number of benzene rings is 1. The fraction of sp³-hybridized carbons (Fsp3) is 0.238. The molecule has 164 valence electrons.